The van der Waals surface area contributed by atoms with Crippen LogP contribution in [0.5, 0.6) is 0 Å². The highest BCUT2D eigenvalue weighted by Crippen LogP contribution is 2.25. The van der Waals surface area contributed by atoms with Crippen molar-refractivity contribution in [1.82, 2.24) is 19.8 Å². The molecule has 29 heavy (non-hydrogen) atoms. The molecule has 0 amide bonds. The van der Waals surface area contributed by atoms with Crippen LogP contribution in [0.4, 0.5) is 0 Å². The van der Waals surface area contributed by atoms with Crippen LogP contribution in [0.3, 0.4) is 0 Å². The monoisotopic (exact) mass is 429 g/mol. The van der Waals surface area contributed by atoms with Gasteiger partial charge < -0.3 is 15.5 Å². The van der Waals surface area contributed by atoms with Crippen LogP contribution in [-0.2, 0) is 10.0 Å². The van der Waals surface area contributed by atoms with Crippen LogP contribution in [-0.4, -0.2) is 81.2 Å². The van der Waals surface area contributed by atoms with E-state index in [0.717, 1.165) is 44.4 Å². The molecule has 170 valence electrons. The molecule has 0 aromatic heterocycles. The summed E-state index contributed by atoms with van der Waals surface area (Å²) in [4.78, 5) is 7.17. The van der Waals surface area contributed by atoms with Gasteiger partial charge in [0.15, 0.2) is 5.96 Å². The second-order valence-corrected chi connectivity index (χ2v) is 10.5. The van der Waals surface area contributed by atoms with E-state index in [1.165, 1.54) is 43.0 Å². The van der Waals surface area contributed by atoms with Crippen molar-refractivity contribution in [2.45, 2.75) is 71.8 Å². The van der Waals surface area contributed by atoms with Crippen molar-refractivity contribution in [3.8, 4) is 0 Å². The predicted octanol–water partition coefficient (Wildman–Crippen LogP) is 2.26. The first-order valence-corrected chi connectivity index (χ1v) is 13.3. The molecule has 0 aromatic rings. The molecule has 1 aliphatic carbocycles. The summed E-state index contributed by atoms with van der Waals surface area (Å²) in [7, 11) is -3.22. The molecule has 1 saturated heterocycles. The Labute approximate surface area is 178 Å². The third kappa shape index (κ3) is 8.42. The SMILES string of the molecule is CCNC(=NCCS(=O)(=O)N(CC)CC)NC1CCN(CC2CCCCC2)CC1. The first-order chi connectivity index (χ1) is 14.0. The van der Waals surface area contributed by atoms with E-state index in [1.807, 2.05) is 20.8 Å². The third-order valence-corrected chi connectivity index (χ3v) is 8.23. The fourth-order valence-electron chi connectivity index (χ4n) is 4.53. The summed E-state index contributed by atoms with van der Waals surface area (Å²) in [6.45, 7) is 11.4. The molecule has 0 aromatic carbocycles. The van der Waals surface area contributed by atoms with Crippen molar-refractivity contribution in [3.63, 3.8) is 0 Å². The lowest BCUT2D eigenvalue weighted by Gasteiger charge is -2.36. The molecule has 2 fully saturated rings. The molecule has 0 atom stereocenters. The minimum atomic E-state index is -3.22. The molecule has 0 unspecified atom stereocenters. The average molecular weight is 430 g/mol. The molecule has 0 radical (unpaired) electrons. The highest BCUT2D eigenvalue weighted by Gasteiger charge is 2.23. The van der Waals surface area contributed by atoms with Crippen molar-refractivity contribution >= 4 is 16.0 Å². The zero-order valence-electron chi connectivity index (χ0n) is 18.8. The van der Waals surface area contributed by atoms with Crippen LogP contribution in [0.1, 0.15) is 65.7 Å². The number of sulfonamides is 1. The van der Waals surface area contributed by atoms with E-state index in [0.29, 0.717) is 19.1 Å². The predicted molar refractivity (Wildman–Crippen MR) is 122 cm³/mol. The van der Waals surface area contributed by atoms with Gasteiger partial charge in [0, 0.05) is 45.3 Å². The number of guanidine groups is 1. The second kappa shape index (κ2) is 12.7. The standard InChI is InChI=1S/C21H43N5O2S/c1-4-22-21(23-14-17-29(27,28)26(5-2)6-3)24-20-12-15-25(16-13-20)18-19-10-8-7-9-11-19/h19-20H,4-18H2,1-3H3,(H2,22,23,24). The summed E-state index contributed by atoms with van der Waals surface area (Å²) in [5, 5.41) is 6.80. The molecule has 7 nitrogen and oxygen atoms in total. The maximum atomic E-state index is 12.3. The smallest absolute Gasteiger partial charge is 0.215 e. The van der Waals surface area contributed by atoms with Gasteiger partial charge in [-0.1, -0.05) is 33.1 Å². The number of hydrogen-bond donors (Lipinski definition) is 2. The van der Waals surface area contributed by atoms with E-state index < -0.39 is 10.0 Å². The molecule has 2 aliphatic rings. The number of likely N-dealkylation sites (tertiary alicyclic amines) is 1. The van der Waals surface area contributed by atoms with Crippen molar-refractivity contribution in [1.29, 1.82) is 0 Å². The Kier molecular flexibility index (Phi) is 10.7. The largest absolute Gasteiger partial charge is 0.357 e. The zero-order valence-corrected chi connectivity index (χ0v) is 19.6. The Morgan fingerprint density at radius 3 is 2.28 bits per heavy atom. The molecule has 1 heterocycles. The van der Waals surface area contributed by atoms with Gasteiger partial charge in [0.1, 0.15) is 0 Å². The summed E-state index contributed by atoms with van der Waals surface area (Å²) in [5.74, 6) is 1.71. The van der Waals surface area contributed by atoms with Crippen molar-refractivity contribution in [2.75, 3.05) is 51.6 Å². The minimum Gasteiger partial charge on any atom is -0.357 e. The summed E-state index contributed by atoms with van der Waals surface area (Å²) in [6.07, 6.45) is 9.30. The van der Waals surface area contributed by atoms with Gasteiger partial charge in [-0.25, -0.2) is 12.7 Å². The van der Waals surface area contributed by atoms with Crippen molar-refractivity contribution in [3.05, 3.63) is 0 Å². The van der Waals surface area contributed by atoms with E-state index in [9.17, 15) is 8.42 Å². The average Bonchev–Trinajstić information content (AvgIpc) is 2.71. The van der Waals surface area contributed by atoms with Crippen molar-refractivity contribution < 1.29 is 8.42 Å². The van der Waals surface area contributed by atoms with Gasteiger partial charge in [0.2, 0.25) is 10.0 Å². The highest BCUT2D eigenvalue weighted by molar-refractivity contribution is 7.89. The summed E-state index contributed by atoms with van der Waals surface area (Å²) in [6, 6.07) is 0.412. The molecule has 1 aliphatic heterocycles. The van der Waals surface area contributed by atoms with E-state index >= 15 is 0 Å². The fourth-order valence-corrected chi connectivity index (χ4v) is 5.89. The van der Waals surface area contributed by atoms with E-state index in [4.69, 9.17) is 0 Å². The van der Waals surface area contributed by atoms with Gasteiger partial charge in [-0.15, -0.1) is 0 Å². The molecule has 2 rings (SSSR count). The topological polar surface area (TPSA) is 77.0 Å². The third-order valence-electron chi connectivity index (χ3n) is 6.23. The zero-order chi connectivity index (χ0) is 21.1. The summed E-state index contributed by atoms with van der Waals surface area (Å²) >= 11 is 0. The number of rotatable bonds is 10. The quantitative estimate of drug-likeness (QED) is 0.411. The van der Waals surface area contributed by atoms with E-state index in [1.54, 1.807) is 0 Å². The van der Waals surface area contributed by atoms with E-state index in [2.05, 4.69) is 20.5 Å². The molecule has 2 N–H and O–H groups in total. The van der Waals surface area contributed by atoms with Crippen LogP contribution in [0.25, 0.3) is 0 Å². The maximum absolute atomic E-state index is 12.3. The Hall–Kier alpha value is -0.860. The Morgan fingerprint density at radius 1 is 1.03 bits per heavy atom. The lowest BCUT2D eigenvalue weighted by molar-refractivity contribution is 0.160. The normalized spacial score (nSPS) is 20.9. The lowest BCUT2D eigenvalue weighted by atomic mass is 9.88. The molecule has 8 heteroatoms. The Morgan fingerprint density at radius 2 is 1.69 bits per heavy atom. The van der Waals surface area contributed by atoms with Gasteiger partial charge in [-0.3, -0.25) is 4.99 Å². The maximum Gasteiger partial charge on any atom is 0.215 e. The van der Waals surface area contributed by atoms with Gasteiger partial charge >= 0.3 is 0 Å². The van der Waals surface area contributed by atoms with Crippen LogP contribution in [0.15, 0.2) is 4.99 Å². The second-order valence-electron chi connectivity index (χ2n) is 8.38. The van der Waals surface area contributed by atoms with E-state index in [-0.39, 0.29) is 12.3 Å². The van der Waals surface area contributed by atoms with Gasteiger partial charge in [0.05, 0.1) is 12.3 Å². The number of aliphatic imine (C=N–C) groups is 1. The number of nitrogens with zero attached hydrogens (tertiary/aromatic N) is 3. The number of piperidine rings is 1. The minimum absolute atomic E-state index is 0.0606. The Balaban J connectivity index is 1.77. The first kappa shape index (κ1) is 24.4. The molecule has 1 saturated carbocycles. The fraction of sp³-hybridized carbons (Fsp3) is 0.952. The highest BCUT2D eigenvalue weighted by atomic mass is 32.2. The lowest BCUT2D eigenvalue weighted by Crippen LogP contribution is -2.49. The van der Waals surface area contributed by atoms with Crippen molar-refractivity contribution in [2.24, 2.45) is 10.9 Å². The van der Waals surface area contributed by atoms with Crippen LogP contribution >= 0.6 is 0 Å². The Bertz CT molecular complexity index is 578. The van der Waals surface area contributed by atoms with Gasteiger partial charge in [0.25, 0.3) is 0 Å². The molecule has 0 bridgehead atoms. The first-order valence-electron chi connectivity index (χ1n) is 11.7. The van der Waals surface area contributed by atoms with Crippen LogP contribution < -0.4 is 10.6 Å². The van der Waals surface area contributed by atoms with Gasteiger partial charge in [-0.2, -0.15) is 0 Å². The summed E-state index contributed by atoms with van der Waals surface area (Å²) < 4.78 is 26.2. The van der Waals surface area contributed by atoms with Crippen LogP contribution in [0, 0.1) is 5.92 Å². The molecular weight excluding hydrogens is 386 g/mol. The molecular formula is C21H43N5O2S. The number of nitrogens with one attached hydrogen (secondary N) is 2. The molecule has 0 spiro atoms. The van der Waals surface area contributed by atoms with Crippen LogP contribution in [0.2, 0.25) is 0 Å². The van der Waals surface area contributed by atoms with Gasteiger partial charge in [-0.05, 0) is 38.5 Å². The number of hydrogen-bond acceptors (Lipinski definition) is 4. The summed E-state index contributed by atoms with van der Waals surface area (Å²) in [5.41, 5.74) is 0.